The molecule has 0 unspecified atom stereocenters. The monoisotopic (exact) mass is 433 g/mol. The molecule has 0 atom stereocenters. The van der Waals surface area contributed by atoms with Crippen molar-refractivity contribution < 1.29 is 9.53 Å². The summed E-state index contributed by atoms with van der Waals surface area (Å²) in [6.07, 6.45) is 2.39. The van der Waals surface area contributed by atoms with Crippen molar-refractivity contribution in [3.8, 4) is 5.75 Å². The van der Waals surface area contributed by atoms with E-state index < -0.39 is 0 Å². The number of anilines is 2. The fourth-order valence-electron chi connectivity index (χ4n) is 2.95. The van der Waals surface area contributed by atoms with E-state index in [0.29, 0.717) is 15.8 Å². The van der Waals surface area contributed by atoms with Crippen molar-refractivity contribution in [1.82, 2.24) is 5.32 Å². The normalized spacial score (nSPS) is 13.4. The number of para-hydroxylation sites is 2. The Balaban J connectivity index is 1.67. The predicted molar refractivity (Wildman–Crippen MR) is 112 cm³/mol. The van der Waals surface area contributed by atoms with Crippen LogP contribution in [0.25, 0.3) is 0 Å². The summed E-state index contributed by atoms with van der Waals surface area (Å²) < 4.78 is 5.89. The maximum absolute atomic E-state index is 12.4. The van der Waals surface area contributed by atoms with E-state index in [2.05, 4.69) is 37.5 Å². The summed E-state index contributed by atoms with van der Waals surface area (Å²) in [5.41, 5.74) is 2.50. The van der Waals surface area contributed by atoms with Crippen LogP contribution in [0, 0.1) is 0 Å². The average Bonchev–Trinajstić information content (AvgIpc) is 3.16. The van der Waals surface area contributed by atoms with E-state index >= 15 is 0 Å². The summed E-state index contributed by atoms with van der Waals surface area (Å²) in [6, 6.07) is 13.1. The second-order valence-electron chi connectivity index (χ2n) is 5.97. The topological polar surface area (TPSA) is 53.6 Å². The Bertz CT molecular complexity index is 822. The van der Waals surface area contributed by atoms with Crippen LogP contribution in [0.3, 0.4) is 0 Å². The summed E-state index contributed by atoms with van der Waals surface area (Å²) in [5, 5.41) is 6.15. The van der Waals surface area contributed by atoms with Crippen molar-refractivity contribution in [2.75, 3.05) is 30.4 Å². The van der Waals surface area contributed by atoms with E-state index in [4.69, 9.17) is 17.0 Å². The van der Waals surface area contributed by atoms with Gasteiger partial charge in [-0.1, -0.05) is 12.1 Å². The molecule has 1 saturated heterocycles. The Kier molecular flexibility index (Phi) is 6.11. The number of rotatable bonds is 4. The number of carbonyl (C=O) groups excluding carboxylic acids is 1. The summed E-state index contributed by atoms with van der Waals surface area (Å²) in [4.78, 5) is 14.8. The highest BCUT2D eigenvalue weighted by Gasteiger charge is 2.16. The van der Waals surface area contributed by atoms with Gasteiger partial charge in [-0.05, 0) is 71.3 Å². The zero-order valence-electron chi connectivity index (χ0n) is 14.4. The number of nitrogens with zero attached hydrogens (tertiary/aromatic N) is 1. The molecule has 1 heterocycles. The smallest absolute Gasteiger partial charge is 0.257 e. The first-order valence-electron chi connectivity index (χ1n) is 8.38. The first-order valence-corrected chi connectivity index (χ1v) is 9.58. The SMILES string of the molecule is COc1ccc(C(=O)NC(=S)Nc2ccccc2N2CCCC2)cc1Br. The van der Waals surface area contributed by atoms with Gasteiger partial charge in [0.1, 0.15) is 5.75 Å². The van der Waals surface area contributed by atoms with Crippen LogP contribution in [0.4, 0.5) is 11.4 Å². The Hall–Kier alpha value is -2.12. The maximum atomic E-state index is 12.4. The van der Waals surface area contributed by atoms with Crippen molar-refractivity contribution in [3.05, 3.63) is 52.5 Å². The first-order chi connectivity index (χ1) is 12.6. The molecule has 3 rings (SSSR count). The number of ether oxygens (including phenoxy) is 1. The van der Waals surface area contributed by atoms with Crippen LogP contribution in [0.15, 0.2) is 46.9 Å². The van der Waals surface area contributed by atoms with Crippen LogP contribution in [0.5, 0.6) is 5.75 Å². The van der Waals surface area contributed by atoms with Crippen molar-refractivity contribution in [2.45, 2.75) is 12.8 Å². The Labute approximate surface area is 166 Å². The number of methoxy groups -OCH3 is 1. The van der Waals surface area contributed by atoms with Crippen molar-refractivity contribution in [2.24, 2.45) is 0 Å². The van der Waals surface area contributed by atoms with Gasteiger partial charge in [0.2, 0.25) is 0 Å². The van der Waals surface area contributed by atoms with E-state index in [1.54, 1.807) is 25.3 Å². The Morgan fingerprint density at radius 2 is 1.92 bits per heavy atom. The van der Waals surface area contributed by atoms with E-state index in [1.807, 2.05) is 18.2 Å². The molecule has 0 spiro atoms. The third-order valence-corrected chi connectivity index (χ3v) is 5.06. The molecule has 1 fully saturated rings. The molecule has 2 aromatic carbocycles. The van der Waals surface area contributed by atoms with Crippen LogP contribution in [0.1, 0.15) is 23.2 Å². The summed E-state index contributed by atoms with van der Waals surface area (Å²) in [7, 11) is 1.58. The molecule has 136 valence electrons. The molecule has 1 aliphatic rings. The molecule has 1 amide bonds. The maximum Gasteiger partial charge on any atom is 0.257 e. The summed E-state index contributed by atoms with van der Waals surface area (Å²) in [5.74, 6) is 0.395. The van der Waals surface area contributed by atoms with Crippen LogP contribution in [0.2, 0.25) is 0 Å². The van der Waals surface area contributed by atoms with E-state index in [9.17, 15) is 4.79 Å². The number of hydrogen-bond donors (Lipinski definition) is 2. The molecule has 26 heavy (non-hydrogen) atoms. The lowest BCUT2D eigenvalue weighted by molar-refractivity contribution is 0.0977. The van der Waals surface area contributed by atoms with Gasteiger partial charge in [-0.3, -0.25) is 10.1 Å². The highest BCUT2D eigenvalue weighted by molar-refractivity contribution is 9.10. The zero-order valence-corrected chi connectivity index (χ0v) is 16.8. The van der Waals surface area contributed by atoms with Gasteiger partial charge in [-0.15, -0.1) is 0 Å². The Morgan fingerprint density at radius 1 is 1.19 bits per heavy atom. The second kappa shape index (κ2) is 8.51. The lowest BCUT2D eigenvalue weighted by atomic mass is 10.2. The predicted octanol–water partition coefficient (Wildman–Crippen LogP) is 4.18. The van der Waals surface area contributed by atoms with Crippen molar-refractivity contribution >= 4 is 50.5 Å². The number of hydrogen-bond acceptors (Lipinski definition) is 4. The first kappa shape index (κ1) is 18.7. The van der Waals surface area contributed by atoms with Gasteiger partial charge >= 0.3 is 0 Å². The molecule has 2 N–H and O–H groups in total. The number of carbonyl (C=O) groups is 1. The summed E-state index contributed by atoms with van der Waals surface area (Å²) in [6.45, 7) is 2.08. The third kappa shape index (κ3) is 4.34. The van der Waals surface area contributed by atoms with Gasteiger partial charge in [-0.2, -0.15) is 0 Å². The fourth-order valence-corrected chi connectivity index (χ4v) is 3.69. The van der Waals surface area contributed by atoms with Gasteiger partial charge in [0.25, 0.3) is 5.91 Å². The van der Waals surface area contributed by atoms with Gasteiger partial charge in [0, 0.05) is 18.7 Å². The second-order valence-corrected chi connectivity index (χ2v) is 7.23. The highest BCUT2D eigenvalue weighted by Crippen LogP contribution is 2.29. The Morgan fingerprint density at radius 3 is 2.62 bits per heavy atom. The molecule has 0 aromatic heterocycles. The minimum atomic E-state index is -0.274. The highest BCUT2D eigenvalue weighted by atomic mass is 79.9. The molecule has 0 radical (unpaired) electrons. The standard InChI is InChI=1S/C19H20BrN3O2S/c1-25-17-9-8-13(12-14(17)20)18(24)22-19(26)21-15-6-2-3-7-16(15)23-10-4-5-11-23/h2-3,6-9,12H,4-5,10-11H2,1H3,(H2,21,22,24,26). The minimum Gasteiger partial charge on any atom is -0.496 e. The zero-order chi connectivity index (χ0) is 18.5. The molecule has 0 saturated carbocycles. The van der Waals surface area contributed by atoms with E-state index in [1.165, 1.54) is 12.8 Å². The van der Waals surface area contributed by atoms with Gasteiger partial charge in [-0.25, -0.2) is 0 Å². The summed E-state index contributed by atoms with van der Waals surface area (Å²) >= 11 is 8.71. The molecular weight excluding hydrogens is 414 g/mol. The van der Waals surface area contributed by atoms with Crippen LogP contribution >= 0.6 is 28.1 Å². The largest absolute Gasteiger partial charge is 0.496 e. The molecular formula is C19H20BrN3O2S. The van der Waals surface area contributed by atoms with E-state index in [-0.39, 0.29) is 11.0 Å². The van der Waals surface area contributed by atoms with Crippen LogP contribution in [-0.4, -0.2) is 31.2 Å². The van der Waals surface area contributed by atoms with Gasteiger partial charge < -0.3 is 15.0 Å². The van der Waals surface area contributed by atoms with Crippen molar-refractivity contribution in [3.63, 3.8) is 0 Å². The number of amides is 1. The van der Waals surface area contributed by atoms with Gasteiger partial charge in [0.05, 0.1) is 23.0 Å². The van der Waals surface area contributed by atoms with E-state index in [0.717, 1.165) is 24.5 Å². The third-order valence-electron chi connectivity index (χ3n) is 4.24. The lowest BCUT2D eigenvalue weighted by Crippen LogP contribution is -2.34. The molecule has 7 heteroatoms. The molecule has 2 aromatic rings. The number of nitrogens with one attached hydrogen (secondary N) is 2. The van der Waals surface area contributed by atoms with Crippen LogP contribution < -0.4 is 20.3 Å². The van der Waals surface area contributed by atoms with Crippen LogP contribution in [-0.2, 0) is 0 Å². The number of benzene rings is 2. The lowest BCUT2D eigenvalue weighted by Gasteiger charge is -2.22. The molecule has 0 bridgehead atoms. The van der Waals surface area contributed by atoms with Gasteiger partial charge in [0.15, 0.2) is 5.11 Å². The number of halogens is 1. The van der Waals surface area contributed by atoms with Crippen molar-refractivity contribution in [1.29, 1.82) is 0 Å². The quantitative estimate of drug-likeness (QED) is 0.708. The molecule has 1 aliphatic heterocycles. The average molecular weight is 434 g/mol. The number of thiocarbonyl (C=S) groups is 1. The molecule has 0 aliphatic carbocycles. The molecule has 5 nitrogen and oxygen atoms in total. The minimum absolute atomic E-state index is 0.272. The fraction of sp³-hybridized carbons (Fsp3) is 0.263.